The first kappa shape index (κ1) is 22.3. The minimum Gasteiger partial charge on any atom is -0.496 e. The van der Waals surface area contributed by atoms with Gasteiger partial charge in [-0.1, -0.05) is 27.7 Å². The monoisotopic (exact) mass is 440 g/mol. The number of rotatable bonds is 4. The van der Waals surface area contributed by atoms with Gasteiger partial charge in [0.25, 0.3) is 5.79 Å². The van der Waals surface area contributed by atoms with Crippen LogP contribution in [0, 0.1) is 13.8 Å². The molecule has 0 amide bonds. The van der Waals surface area contributed by atoms with E-state index in [1.807, 2.05) is 32.0 Å². The quantitative estimate of drug-likeness (QED) is 0.696. The molecule has 32 heavy (non-hydrogen) atoms. The maximum Gasteiger partial charge on any atom is 0.341 e. The van der Waals surface area contributed by atoms with E-state index in [0.717, 1.165) is 39.5 Å². The van der Waals surface area contributed by atoms with Crippen molar-refractivity contribution in [1.29, 1.82) is 0 Å². The Bertz CT molecular complexity index is 1080. The van der Waals surface area contributed by atoms with Gasteiger partial charge in [0, 0.05) is 34.8 Å². The third-order valence-electron chi connectivity index (χ3n) is 6.60. The zero-order valence-corrected chi connectivity index (χ0v) is 19.9. The van der Waals surface area contributed by atoms with Crippen LogP contribution < -0.4 is 18.9 Å². The summed E-state index contributed by atoms with van der Waals surface area (Å²) in [5.41, 5.74) is 3.51. The molecule has 1 spiro atoms. The van der Waals surface area contributed by atoms with Gasteiger partial charge < -0.3 is 24.1 Å². The van der Waals surface area contributed by atoms with Crippen LogP contribution in [0.5, 0.6) is 23.0 Å². The van der Waals surface area contributed by atoms with E-state index in [4.69, 9.17) is 24.1 Å². The highest BCUT2D eigenvalue weighted by atomic mass is 16.7. The molecule has 2 aromatic carbocycles. The highest BCUT2D eigenvalue weighted by Gasteiger charge is 2.53. The fourth-order valence-electron chi connectivity index (χ4n) is 5.23. The molecule has 0 saturated heterocycles. The second-order valence-electron chi connectivity index (χ2n) is 10.4. The summed E-state index contributed by atoms with van der Waals surface area (Å²) in [4.78, 5) is 11.0. The lowest BCUT2D eigenvalue weighted by atomic mass is 9.69. The van der Waals surface area contributed by atoms with E-state index in [0.29, 0.717) is 18.6 Å². The fraction of sp³-hybridized carbons (Fsp3) is 0.500. The van der Waals surface area contributed by atoms with Gasteiger partial charge in [-0.3, -0.25) is 0 Å². The number of hydrogen-bond acceptors (Lipinski definition) is 5. The zero-order chi connectivity index (χ0) is 23.5. The number of aryl methyl sites for hydroxylation is 2. The minimum absolute atomic E-state index is 0.179. The average molecular weight is 441 g/mol. The van der Waals surface area contributed by atoms with Gasteiger partial charge in [0.1, 0.15) is 23.0 Å². The van der Waals surface area contributed by atoms with Crippen LogP contribution >= 0.6 is 0 Å². The Morgan fingerprint density at radius 1 is 0.906 bits per heavy atom. The first-order valence-electron chi connectivity index (χ1n) is 10.9. The Balaban J connectivity index is 1.75. The first-order chi connectivity index (χ1) is 14.9. The number of fused-ring (bicyclic) bond motifs is 2. The number of benzene rings is 2. The molecule has 2 heterocycles. The van der Waals surface area contributed by atoms with Gasteiger partial charge in [-0.25, -0.2) is 4.79 Å². The van der Waals surface area contributed by atoms with Gasteiger partial charge in [0.2, 0.25) is 0 Å². The number of ether oxygens (including phenoxy) is 4. The molecule has 0 radical (unpaired) electrons. The van der Waals surface area contributed by atoms with Crippen molar-refractivity contribution < 1.29 is 28.8 Å². The number of carboxylic acids is 1. The number of carboxylic acid groups (broad SMARTS) is 1. The summed E-state index contributed by atoms with van der Waals surface area (Å²) in [5, 5.41) is 8.98. The van der Waals surface area contributed by atoms with Crippen LogP contribution in [0.25, 0.3) is 0 Å². The summed E-state index contributed by atoms with van der Waals surface area (Å²) >= 11 is 0. The first-order valence-corrected chi connectivity index (χ1v) is 10.9. The molecule has 1 unspecified atom stereocenters. The minimum atomic E-state index is -1.000. The van der Waals surface area contributed by atoms with Gasteiger partial charge in [0.15, 0.2) is 6.61 Å². The van der Waals surface area contributed by atoms with Gasteiger partial charge in [-0.15, -0.1) is 0 Å². The molecular formula is C26H32O6. The summed E-state index contributed by atoms with van der Waals surface area (Å²) in [6.45, 7) is 12.3. The molecule has 2 aliphatic heterocycles. The maximum absolute atomic E-state index is 11.0. The molecule has 2 aliphatic rings. The molecule has 4 rings (SSSR count). The molecule has 0 bridgehead atoms. The second kappa shape index (κ2) is 7.32. The molecule has 6 heteroatoms. The van der Waals surface area contributed by atoms with Crippen LogP contribution in [0.4, 0.5) is 0 Å². The normalized spacial score (nSPS) is 22.2. The van der Waals surface area contributed by atoms with Gasteiger partial charge >= 0.3 is 5.97 Å². The largest absolute Gasteiger partial charge is 0.496 e. The Morgan fingerprint density at radius 3 is 1.84 bits per heavy atom. The summed E-state index contributed by atoms with van der Waals surface area (Å²) in [6.07, 6.45) is 1.35. The number of aliphatic carboxylic acids is 1. The number of methoxy groups -OCH3 is 1. The maximum atomic E-state index is 11.0. The van der Waals surface area contributed by atoms with E-state index >= 15 is 0 Å². The zero-order valence-electron chi connectivity index (χ0n) is 19.9. The van der Waals surface area contributed by atoms with Crippen molar-refractivity contribution in [2.24, 2.45) is 0 Å². The highest BCUT2D eigenvalue weighted by molar-refractivity contribution is 5.68. The van der Waals surface area contributed by atoms with E-state index in [1.165, 1.54) is 0 Å². The highest BCUT2D eigenvalue weighted by Crippen LogP contribution is 2.55. The average Bonchev–Trinajstić information content (AvgIpc) is 2.64. The van der Waals surface area contributed by atoms with Crippen molar-refractivity contribution >= 4 is 5.97 Å². The lowest BCUT2D eigenvalue weighted by Gasteiger charge is -2.51. The lowest BCUT2D eigenvalue weighted by Crippen LogP contribution is -2.55. The third kappa shape index (κ3) is 3.76. The molecule has 0 aromatic heterocycles. The Hall–Kier alpha value is -2.89. The molecule has 6 nitrogen and oxygen atoms in total. The fourth-order valence-corrected chi connectivity index (χ4v) is 5.23. The predicted octanol–water partition coefficient (Wildman–Crippen LogP) is 5.29. The Morgan fingerprint density at radius 2 is 1.38 bits per heavy atom. The van der Waals surface area contributed by atoms with Gasteiger partial charge in [-0.2, -0.15) is 0 Å². The molecule has 2 aromatic rings. The van der Waals surface area contributed by atoms with Crippen LogP contribution in [-0.4, -0.2) is 30.6 Å². The van der Waals surface area contributed by atoms with Crippen LogP contribution in [0.2, 0.25) is 0 Å². The van der Waals surface area contributed by atoms with E-state index < -0.39 is 11.8 Å². The van der Waals surface area contributed by atoms with E-state index in [2.05, 4.69) is 33.8 Å². The van der Waals surface area contributed by atoms with E-state index in [9.17, 15) is 4.79 Å². The molecule has 0 saturated carbocycles. The number of carbonyl (C=O) groups is 1. The van der Waals surface area contributed by atoms with Gasteiger partial charge in [0.05, 0.1) is 7.11 Å². The van der Waals surface area contributed by atoms with Crippen molar-refractivity contribution in [3.63, 3.8) is 0 Å². The lowest BCUT2D eigenvalue weighted by molar-refractivity contribution is -0.166. The van der Waals surface area contributed by atoms with Crippen LogP contribution in [0.1, 0.15) is 62.8 Å². The number of hydrogen-bond donors (Lipinski definition) is 1. The molecule has 172 valence electrons. The molecule has 1 N–H and O–H groups in total. The second-order valence-corrected chi connectivity index (χ2v) is 10.4. The van der Waals surface area contributed by atoms with Crippen molar-refractivity contribution in [3.05, 3.63) is 46.5 Å². The molecule has 1 atom stereocenters. The third-order valence-corrected chi connectivity index (χ3v) is 6.60. The Labute approximate surface area is 189 Å². The summed E-state index contributed by atoms with van der Waals surface area (Å²) < 4.78 is 24.3. The van der Waals surface area contributed by atoms with E-state index in [1.54, 1.807) is 7.11 Å². The van der Waals surface area contributed by atoms with Crippen LogP contribution in [0.15, 0.2) is 24.3 Å². The van der Waals surface area contributed by atoms with Gasteiger partial charge in [-0.05, 0) is 49.2 Å². The smallest absolute Gasteiger partial charge is 0.341 e. The summed E-state index contributed by atoms with van der Waals surface area (Å²) in [7, 11) is 1.69. The SMILES string of the molecule is COc1cc2c(cc1C)OC1(CC2(C)C)CC(C)(C)c2cc(OCC(=O)O)c(C)cc2O1. The standard InChI is InChI=1S/C26H32O6/c1-15-8-21-17(10-19(15)29-7)24(3,4)13-26(31-21)14-25(5,6)18-11-20(30-12-23(27)28)16(2)9-22(18)32-26/h8-11H,12-14H2,1-7H3,(H,27,28). The van der Waals surface area contributed by atoms with E-state index in [-0.39, 0.29) is 17.4 Å². The van der Waals surface area contributed by atoms with Crippen molar-refractivity contribution in [1.82, 2.24) is 0 Å². The predicted molar refractivity (Wildman–Crippen MR) is 121 cm³/mol. The summed E-state index contributed by atoms with van der Waals surface area (Å²) in [5.74, 6) is 1.21. The van der Waals surface area contributed by atoms with Crippen molar-refractivity contribution in [2.75, 3.05) is 13.7 Å². The molecule has 0 aliphatic carbocycles. The topological polar surface area (TPSA) is 74.2 Å². The van der Waals surface area contributed by atoms with Crippen LogP contribution in [-0.2, 0) is 15.6 Å². The van der Waals surface area contributed by atoms with Crippen LogP contribution in [0.3, 0.4) is 0 Å². The Kier molecular flexibility index (Phi) is 5.11. The molecular weight excluding hydrogens is 408 g/mol. The van der Waals surface area contributed by atoms with Crippen molar-refractivity contribution in [2.45, 2.75) is 71.0 Å². The molecule has 0 fully saturated rings. The summed E-state index contributed by atoms with van der Waals surface area (Å²) in [6, 6.07) is 7.96. The van der Waals surface area contributed by atoms with Crippen molar-refractivity contribution in [3.8, 4) is 23.0 Å².